The second-order valence-corrected chi connectivity index (χ2v) is 6.54. The molecule has 0 spiro atoms. The third kappa shape index (κ3) is 4.31. The Morgan fingerprint density at radius 1 is 1.17 bits per heavy atom. The van der Waals surface area contributed by atoms with E-state index >= 15 is 0 Å². The molecule has 0 radical (unpaired) electrons. The van der Waals surface area contributed by atoms with Crippen LogP contribution in [0.3, 0.4) is 0 Å². The molecule has 0 saturated heterocycles. The summed E-state index contributed by atoms with van der Waals surface area (Å²) < 4.78 is 19.5. The number of terminal acetylenes is 1. The SMILES string of the molecule is C#CCOc1ccc(Nc2nc(Nc3ccc4c(c3)C(=O)NCC4)ncc2F)cc1. The number of carbonyl (C=O) groups is 1. The van der Waals surface area contributed by atoms with Crippen molar-refractivity contribution < 1.29 is 13.9 Å². The maximum absolute atomic E-state index is 14.2. The van der Waals surface area contributed by atoms with Crippen LogP contribution in [-0.4, -0.2) is 29.0 Å². The number of carbonyl (C=O) groups excluding carboxylic acids is 1. The highest BCUT2D eigenvalue weighted by molar-refractivity contribution is 5.97. The zero-order valence-corrected chi connectivity index (χ0v) is 15.9. The molecule has 4 rings (SSSR count). The van der Waals surface area contributed by atoms with Crippen molar-refractivity contribution in [3.05, 3.63) is 65.6 Å². The van der Waals surface area contributed by atoms with Gasteiger partial charge < -0.3 is 20.7 Å². The third-order valence-electron chi connectivity index (χ3n) is 4.47. The molecule has 0 atom stereocenters. The first-order valence-electron chi connectivity index (χ1n) is 9.26. The molecule has 1 aliphatic rings. The minimum Gasteiger partial charge on any atom is -0.481 e. The molecule has 150 valence electrons. The summed E-state index contributed by atoms with van der Waals surface area (Å²) in [5.41, 5.74) is 2.86. The molecular weight excluding hydrogens is 385 g/mol. The smallest absolute Gasteiger partial charge is 0.251 e. The number of hydrogen-bond acceptors (Lipinski definition) is 6. The second kappa shape index (κ2) is 8.49. The molecule has 3 N–H and O–H groups in total. The van der Waals surface area contributed by atoms with Crippen molar-refractivity contribution in [1.82, 2.24) is 15.3 Å². The number of ether oxygens (including phenoxy) is 1. The van der Waals surface area contributed by atoms with E-state index < -0.39 is 5.82 Å². The first kappa shape index (κ1) is 19.2. The van der Waals surface area contributed by atoms with Crippen LogP contribution in [0.25, 0.3) is 0 Å². The fourth-order valence-electron chi connectivity index (χ4n) is 3.03. The van der Waals surface area contributed by atoms with E-state index in [1.807, 2.05) is 12.1 Å². The number of aromatic nitrogens is 2. The van der Waals surface area contributed by atoms with Crippen molar-refractivity contribution in [2.24, 2.45) is 0 Å². The van der Waals surface area contributed by atoms with E-state index in [2.05, 4.69) is 31.8 Å². The maximum atomic E-state index is 14.2. The quantitative estimate of drug-likeness (QED) is 0.547. The van der Waals surface area contributed by atoms with Crippen LogP contribution in [0.1, 0.15) is 15.9 Å². The topological polar surface area (TPSA) is 88.2 Å². The predicted molar refractivity (Wildman–Crippen MR) is 112 cm³/mol. The van der Waals surface area contributed by atoms with Gasteiger partial charge in [-0.3, -0.25) is 4.79 Å². The number of amides is 1. The van der Waals surface area contributed by atoms with Crippen LogP contribution in [0.5, 0.6) is 5.75 Å². The second-order valence-electron chi connectivity index (χ2n) is 6.54. The summed E-state index contributed by atoms with van der Waals surface area (Å²) in [6, 6.07) is 12.4. The normalized spacial score (nSPS) is 12.3. The number of nitrogens with zero attached hydrogens (tertiary/aromatic N) is 2. The molecule has 0 fully saturated rings. The van der Waals surface area contributed by atoms with Gasteiger partial charge in [0.2, 0.25) is 5.95 Å². The van der Waals surface area contributed by atoms with Crippen LogP contribution in [0.4, 0.5) is 27.5 Å². The average Bonchev–Trinajstić information content (AvgIpc) is 2.76. The molecule has 3 aromatic rings. The summed E-state index contributed by atoms with van der Waals surface area (Å²) in [5.74, 6) is 2.50. The predicted octanol–water partition coefficient (Wildman–Crippen LogP) is 3.40. The summed E-state index contributed by atoms with van der Waals surface area (Å²) >= 11 is 0. The maximum Gasteiger partial charge on any atom is 0.251 e. The van der Waals surface area contributed by atoms with Gasteiger partial charge in [0.05, 0.1) is 6.20 Å². The lowest BCUT2D eigenvalue weighted by Gasteiger charge is -2.17. The van der Waals surface area contributed by atoms with E-state index in [0.717, 1.165) is 18.2 Å². The van der Waals surface area contributed by atoms with Crippen LogP contribution in [0.2, 0.25) is 0 Å². The lowest BCUT2D eigenvalue weighted by Crippen LogP contribution is -2.31. The number of anilines is 4. The van der Waals surface area contributed by atoms with E-state index in [9.17, 15) is 9.18 Å². The first-order chi connectivity index (χ1) is 14.6. The van der Waals surface area contributed by atoms with Crippen molar-refractivity contribution in [1.29, 1.82) is 0 Å². The van der Waals surface area contributed by atoms with Crippen molar-refractivity contribution in [2.75, 3.05) is 23.8 Å². The summed E-state index contributed by atoms with van der Waals surface area (Å²) in [6.07, 6.45) is 7.03. The lowest BCUT2D eigenvalue weighted by atomic mass is 10.00. The van der Waals surface area contributed by atoms with E-state index in [1.54, 1.807) is 30.3 Å². The Kier molecular flexibility index (Phi) is 5.44. The fraction of sp³-hybridized carbons (Fsp3) is 0.136. The van der Waals surface area contributed by atoms with E-state index in [-0.39, 0.29) is 24.3 Å². The Labute approximate surface area is 172 Å². The number of rotatable bonds is 6. The molecule has 0 saturated carbocycles. The van der Waals surface area contributed by atoms with Gasteiger partial charge in [-0.1, -0.05) is 12.0 Å². The Morgan fingerprint density at radius 3 is 2.77 bits per heavy atom. The highest BCUT2D eigenvalue weighted by atomic mass is 19.1. The molecule has 0 aliphatic carbocycles. The molecular formula is C22H18FN5O2. The Bertz CT molecular complexity index is 1130. The molecule has 30 heavy (non-hydrogen) atoms. The lowest BCUT2D eigenvalue weighted by molar-refractivity contribution is 0.0946. The molecule has 8 heteroatoms. The summed E-state index contributed by atoms with van der Waals surface area (Å²) in [4.78, 5) is 20.2. The monoisotopic (exact) mass is 403 g/mol. The van der Waals surface area contributed by atoms with Gasteiger partial charge in [-0.05, 0) is 48.4 Å². The highest BCUT2D eigenvalue weighted by Gasteiger charge is 2.17. The fourth-order valence-corrected chi connectivity index (χ4v) is 3.03. The summed E-state index contributed by atoms with van der Waals surface area (Å²) in [6.45, 7) is 0.804. The largest absolute Gasteiger partial charge is 0.481 e. The summed E-state index contributed by atoms with van der Waals surface area (Å²) in [5, 5.41) is 8.74. The van der Waals surface area contributed by atoms with Crippen molar-refractivity contribution in [3.8, 4) is 18.1 Å². The van der Waals surface area contributed by atoms with Gasteiger partial charge in [-0.2, -0.15) is 4.98 Å². The third-order valence-corrected chi connectivity index (χ3v) is 4.47. The van der Waals surface area contributed by atoms with E-state index in [4.69, 9.17) is 11.2 Å². The van der Waals surface area contributed by atoms with Crippen LogP contribution in [0.15, 0.2) is 48.7 Å². The minimum absolute atomic E-state index is 0.0143. The Hall–Kier alpha value is -4.12. The summed E-state index contributed by atoms with van der Waals surface area (Å²) in [7, 11) is 0. The van der Waals surface area contributed by atoms with Gasteiger partial charge in [-0.15, -0.1) is 6.42 Å². The number of nitrogens with one attached hydrogen (secondary N) is 3. The zero-order valence-electron chi connectivity index (χ0n) is 15.9. The van der Waals surface area contributed by atoms with Gasteiger partial charge in [-0.25, -0.2) is 9.37 Å². The van der Waals surface area contributed by atoms with Crippen LogP contribution in [-0.2, 0) is 6.42 Å². The van der Waals surface area contributed by atoms with Gasteiger partial charge in [0.1, 0.15) is 12.4 Å². The minimum atomic E-state index is -0.599. The molecule has 0 bridgehead atoms. The van der Waals surface area contributed by atoms with Crippen molar-refractivity contribution in [3.63, 3.8) is 0 Å². The zero-order chi connectivity index (χ0) is 20.9. The molecule has 2 heterocycles. The number of hydrogen-bond donors (Lipinski definition) is 3. The number of fused-ring (bicyclic) bond motifs is 1. The molecule has 1 aliphatic heterocycles. The van der Waals surface area contributed by atoms with Crippen LogP contribution >= 0.6 is 0 Å². The van der Waals surface area contributed by atoms with Crippen LogP contribution < -0.4 is 20.7 Å². The van der Waals surface area contributed by atoms with Crippen molar-refractivity contribution in [2.45, 2.75) is 6.42 Å². The molecule has 1 amide bonds. The van der Waals surface area contributed by atoms with Gasteiger partial charge >= 0.3 is 0 Å². The van der Waals surface area contributed by atoms with Gasteiger partial charge in [0, 0.05) is 23.5 Å². The first-order valence-corrected chi connectivity index (χ1v) is 9.26. The standard InChI is InChI=1S/C22H18FN5O2/c1-2-11-30-17-7-5-15(6-8-17)26-20-19(23)13-25-22(28-20)27-16-4-3-14-9-10-24-21(29)18(14)12-16/h1,3-8,12-13H,9-11H2,(H,24,29)(H2,25,26,27,28). The number of halogens is 1. The van der Waals surface area contributed by atoms with Crippen molar-refractivity contribution >= 4 is 29.0 Å². The van der Waals surface area contributed by atoms with Crippen LogP contribution in [0, 0.1) is 18.2 Å². The Morgan fingerprint density at radius 2 is 1.97 bits per heavy atom. The van der Waals surface area contributed by atoms with E-state index in [1.165, 1.54) is 0 Å². The molecule has 0 unspecified atom stereocenters. The number of benzene rings is 2. The molecule has 1 aromatic heterocycles. The Balaban J connectivity index is 1.50. The average molecular weight is 403 g/mol. The highest BCUT2D eigenvalue weighted by Crippen LogP contribution is 2.24. The van der Waals surface area contributed by atoms with E-state index in [0.29, 0.717) is 29.2 Å². The molecule has 7 nitrogen and oxygen atoms in total. The van der Waals surface area contributed by atoms with Gasteiger partial charge in [0.25, 0.3) is 5.91 Å². The molecule has 2 aromatic carbocycles. The van der Waals surface area contributed by atoms with Gasteiger partial charge in [0.15, 0.2) is 11.6 Å².